The summed E-state index contributed by atoms with van der Waals surface area (Å²) in [6, 6.07) is 8.76. The van der Waals surface area contributed by atoms with Crippen LogP contribution in [0.5, 0.6) is 0 Å². The number of rotatable bonds is 5. The van der Waals surface area contributed by atoms with E-state index in [-0.39, 0.29) is 5.41 Å². The molecule has 2 aliphatic rings. The molecule has 0 aromatic heterocycles. The Hall–Kier alpha value is -1.38. The summed E-state index contributed by atoms with van der Waals surface area (Å²) in [7, 11) is -1.45. The van der Waals surface area contributed by atoms with Gasteiger partial charge in [0.2, 0.25) is 0 Å². The van der Waals surface area contributed by atoms with Gasteiger partial charge in [-0.1, -0.05) is 54.6 Å². The lowest BCUT2D eigenvalue weighted by atomic mass is 9.74. The molecule has 1 atom stereocenters. The van der Waals surface area contributed by atoms with Gasteiger partial charge in [-0.2, -0.15) is 0 Å². The Kier molecular flexibility index (Phi) is 3.76. The normalized spacial score (nSPS) is 23.5. The maximum absolute atomic E-state index is 6.14. The van der Waals surface area contributed by atoms with Crippen molar-refractivity contribution in [3.05, 3.63) is 65.3 Å². The molecule has 1 unspecified atom stereocenters. The molecule has 110 valence electrons. The van der Waals surface area contributed by atoms with Gasteiger partial charge in [0.05, 0.1) is 0 Å². The Bertz CT molecular complexity index is 619. The van der Waals surface area contributed by atoms with Crippen molar-refractivity contribution < 1.29 is 4.43 Å². The number of benzene rings is 1. The van der Waals surface area contributed by atoms with E-state index >= 15 is 0 Å². The molecule has 0 saturated heterocycles. The predicted octanol–water partition coefficient (Wildman–Crippen LogP) is 5.08. The predicted molar refractivity (Wildman–Crippen MR) is 92.9 cm³/mol. The zero-order valence-corrected chi connectivity index (χ0v) is 14.2. The Morgan fingerprint density at radius 1 is 1.14 bits per heavy atom. The van der Waals surface area contributed by atoms with Crippen molar-refractivity contribution in [1.29, 1.82) is 0 Å². The van der Waals surface area contributed by atoms with Crippen LogP contribution in [0, 0.1) is 0 Å². The summed E-state index contributed by atoms with van der Waals surface area (Å²) in [6.45, 7) is 7.60. The Balaban J connectivity index is 1.91. The second-order valence-corrected chi connectivity index (χ2v) is 11.4. The molecule has 0 N–H and O–H groups in total. The summed E-state index contributed by atoms with van der Waals surface area (Å²) in [4.78, 5) is 0. The first-order chi connectivity index (χ1) is 10.0. The Morgan fingerprint density at radius 3 is 2.67 bits per heavy atom. The molecule has 0 bridgehead atoms. The van der Waals surface area contributed by atoms with Crippen LogP contribution in [0.3, 0.4) is 0 Å². The van der Waals surface area contributed by atoms with E-state index in [1.807, 2.05) is 0 Å². The van der Waals surface area contributed by atoms with Crippen LogP contribution in [0.15, 0.2) is 54.1 Å². The molecule has 0 fully saturated rings. The summed E-state index contributed by atoms with van der Waals surface area (Å²) in [5.74, 6) is 0. The largest absolute Gasteiger partial charge is 0.418 e. The molecule has 0 aliphatic heterocycles. The fourth-order valence-corrected chi connectivity index (χ4v) is 4.01. The maximum atomic E-state index is 6.14. The topological polar surface area (TPSA) is 9.23 Å². The van der Waals surface area contributed by atoms with Gasteiger partial charge in [-0.05, 0) is 49.2 Å². The highest BCUT2D eigenvalue weighted by atomic mass is 28.4. The first-order valence-electron chi connectivity index (χ1n) is 7.81. The molecule has 0 spiro atoms. The van der Waals surface area contributed by atoms with Gasteiger partial charge >= 0.3 is 0 Å². The van der Waals surface area contributed by atoms with Crippen molar-refractivity contribution in [2.75, 3.05) is 6.61 Å². The summed E-state index contributed by atoms with van der Waals surface area (Å²) < 4.78 is 6.14. The highest BCUT2D eigenvalue weighted by Crippen LogP contribution is 2.46. The molecule has 0 amide bonds. The molecule has 0 saturated carbocycles. The minimum absolute atomic E-state index is 0.0171. The third kappa shape index (κ3) is 2.83. The van der Waals surface area contributed by atoms with Crippen LogP contribution in [0.4, 0.5) is 0 Å². The van der Waals surface area contributed by atoms with Crippen molar-refractivity contribution in [2.24, 2.45) is 0 Å². The zero-order chi connectivity index (χ0) is 14.9. The van der Waals surface area contributed by atoms with Gasteiger partial charge in [-0.3, -0.25) is 0 Å². The highest BCUT2D eigenvalue weighted by molar-refractivity contribution is 6.69. The van der Waals surface area contributed by atoms with E-state index in [4.69, 9.17) is 4.43 Å². The number of fused-ring (bicyclic) bond motifs is 1. The molecule has 1 aromatic rings. The van der Waals surface area contributed by atoms with Crippen molar-refractivity contribution in [3.8, 4) is 0 Å². The number of allylic oxidation sites excluding steroid dienone is 5. The smallest absolute Gasteiger partial charge is 0.183 e. The lowest BCUT2D eigenvalue weighted by Crippen LogP contribution is -2.31. The highest BCUT2D eigenvalue weighted by Gasteiger charge is 2.37. The van der Waals surface area contributed by atoms with Crippen LogP contribution >= 0.6 is 0 Å². The van der Waals surface area contributed by atoms with Crippen molar-refractivity contribution in [2.45, 2.75) is 37.9 Å². The van der Waals surface area contributed by atoms with Gasteiger partial charge in [0, 0.05) is 12.0 Å². The second kappa shape index (κ2) is 5.43. The van der Waals surface area contributed by atoms with E-state index in [2.05, 4.69) is 74.3 Å². The summed E-state index contributed by atoms with van der Waals surface area (Å²) in [5, 5.41) is 0. The van der Waals surface area contributed by atoms with Crippen LogP contribution < -0.4 is 0 Å². The molecule has 0 radical (unpaired) electrons. The lowest BCUT2D eigenvalue weighted by Gasteiger charge is -2.31. The van der Waals surface area contributed by atoms with Crippen molar-refractivity contribution >= 4 is 14.4 Å². The van der Waals surface area contributed by atoms with Crippen LogP contribution in [0.2, 0.25) is 19.6 Å². The van der Waals surface area contributed by atoms with Gasteiger partial charge < -0.3 is 4.43 Å². The summed E-state index contributed by atoms with van der Waals surface area (Å²) >= 11 is 0. The molecular formula is C19H24OSi. The lowest BCUT2D eigenvalue weighted by molar-refractivity contribution is 0.284. The molecule has 2 heteroatoms. The monoisotopic (exact) mass is 296 g/mol. The third-order valence-electron chi connectivity index (χ3n) is 4.31. The maximum Gasteiger partial charge on any atom is 0.183 e. The number of hydrogen-bond donors (Lipinski definition) is 0. The summed E-state index contributed by atoms with van der Waals surface area (Å²) in [6.07, 6.45) is 13.7. The van der Waals surface area contributed by atoms with E-state index in [0.717, 1.165) is 19.4 Å². The van der Waals surface area contributed by atoms with Crippen LogP contribution in [0.25, 0.3) is 6.08 Å². The van der Waals surface area contributed by atoms with Gasteiger partial charge in [-0.25, -0.2) is 0 Å². The van der Waals surface area contributed by atoms with E-state index in [9.17, 15) is 0 Å². The van der Waals surface area contributed by atoms with E-state index in [1.54, 1.807) is 0 Å². The molecule has 1 nitrogen and oxygen atoms in total. The van der Waals surface area contributed by atoms with Crippen LogP contribution in [-0.4, -0.2) is 14.9 Å². The first-order valence-corrected chi connectivity index (χ1v) is 11.2. The second-order valence-electron chi connectivity index (χ2n) is 6.90. The average Bonchev–Trinajstić information content (AvgIpc) is 3.06. The van der Waals surface area contributed by atoms with Gasteiger partial charge in [0.15, 0.2) is 8.32 Å². The van der Waals surface area contributed by atoms with E-state index in [0.29, 0.717) is 0 Å². The standard InChI is InChI=1S/C19H24OSi/c1-21(2,3)20-15-14-19(17-9-5-6-10-17)13-12-16-8-4-7-11-18(16)19/h4-5,7-13H,6,14-15H2,1-3H3. The zero-order valence-electron chi connectivity index (χ0n) is 13.2. The van der Waals surface area contributed by atoms with Crippen molar-refractivity contribution in [3.63, 3.8) is 0 Å². The van der Waals surface area contributed by atoms with Crippen molar-refractivity contribution in [1.82, 2.24) is 0 Å². The molecular weight excluding hydrogens is 272 g/mol. The molecule has 21 heavy (non-hydrogen) atoms. The average molecular weight is 296 g/mol. The summed E-state index contributed by atoms with van der Waals surface area (Å²) in [5.41, 5.74) is 4.24. The minimum atomic E-state index is -1.45. The molecule has 2 aliphatic carbocycles. The fourth-order valence-electron chi connectivity index (χ4n) is 3.29. The van der Waals surface area contributed by atoms with E-state index in [1.165, 1.54) is 16.7 Å². The first kappa shape index (κ1) is 14.5. The molecule has 0 heterocycles. The van der Waals surface area contributed by atoms with E-state index < -0.39 is 8.32 Å². The van der Waals surface area contributed by atoms with Gasteiger partial charge in [-0.15, -0.1) is 0 Å². The van der Waals surface area contributed by atoms with Gasteiger partial charge in [0.25, 0.3) is 0 Å². The van der Waals surface area contributed by atoms with Crippen LogP contribution in [-0.2, 0) is 9.84 Å². The van der Waals surface area contributed by atoms with Crippen LogP contribution in [0.1, 0.15) is 24.0 Å². The number of hydrogen-bond acceptors (Lipinski definition) is 1. The Morgan fingerprint density at radius 2 is 1.95 bits per heavy atom. The quantitative estimate of drug-likeness (QED) is 0.689. The SMILES string of the molecule is C[Si](C)(C)OCCC1(C2=CCC=C2)C=Cc2ccccc21. The Labute approximate surface area is 129 Å². The minimum Gasteiger partial charge on any atom is -0.418 e. The fraction of sp³-hybridized carbons (Fsp3) is 0.368. The van der Waals surface area contributed by atoms with Gasteiger partial charge in [0.1, 0.15) is 0 Å². The third-order valence-corrected chi connectivity index (χ3v) is 5.38. The molecule has 3 rings (SSSR count). The molecule has 1 aromatic carbocycles.